The first-order valence-electron chi connectivity index (χ1n) is 5.30. The van der Waals surface area contributed by atoms with E-state index in [4.69, 9.17) is 9.47 Å². The third-order valence-corrected chi connectivity index (χ3v) is 3.95. The Hall–Kier alpha value is -1.82. The van der Waals surface area contributed by atoms with Crippen LogP contribution >= 0.6 is 0 Å². The van der Waals surface area contributed by atoms with Crippen LogP contribution in [-0.4, -0.2) is 27.2 Å². The zero-order chi connectivity index (χ0) is 13.2. The first kappa shape index (κ1) is 12.6. The van der Waals surface area contributed by atoms with Gasteiger partial charge in [-0.1, -0.05) is 12.1 Å². The van der Waals surface area contributed by atoms with E-state index in [2.05, 4.69) is 4.99 Å². The minimum Gasteiger partial charge on any atom is -0.493 e. The van der Waals surface area contributed by atoms with Crippen LogP contribution in [0.2, 0.25) is 0 Å². The van der Waals surface area contributed by atoms with Crippen molar-refractivity contribution in [3.05, 3.63) is 35.4 Å². The van der Waals surface area contributed by atoms with Crippen molar-refractivity contribution in [3.8, 4) is 11.5 Å². The molecule has 96 valence electrons. The summed E-state index contributed by atoms with van der Waals surface area (Å²) in [6, 6.07) is 7.16. The van der Waals surface area contributed by atoms with Gasteiger partial charge in [0.2, 0.25) is 9.84 Å². The molecule has 1 aromatic rings. The Bertz CT molecular complexity index is 617. The molecule has 0 saturated carbocycles. The molecule has 6 heteroatoms. The summed E-state index contributed by atoms with van der Waals surface area (Å²) in [6.07, 6.45) is 0. The van der Waals surface area contributed by atoms with Gasteiger partial charge in [-0.05, 0) is 19.1 Å². The lowest BCUT2D eigenvalue weighted by Crippen LogP contribution is -2.01. The van der Waals surface area contributed by atoms with E-state index in [1.54, 1.807) is 19.2 Å². The van der Waals surface area contributed by atoms with Crippen LogP contribution in [0.15, 0.2) is 40.4 Å². The maximum Gasteiger partial charge on any atom is 0.214 e. The number of nitrogens with zero attached hydrogens (tertiary/aromatic N) is 1. The molecule has 0 atom stereocenters. The van der Waals surface area contributed by atoms with Gasteiger partial charge in [0.1, 0.15) is 11.7 Å². The summed E-state index contributed by atoms with van der Waals surface area (Å²) in [5, 5.41) is 1.22. The van der Waals surface area contributed by atoms with E-state index >= 15 is 0 Å². The molecule has 5 nitrogen and oxygen atoms in total. The highest BCUT2D eigenvalue weighted by molar-refractivity contribution is 8.09. The number of rotatable bonds is 4. The van der Waals surface area contributed by atoms with Gasteiger partial charge in [-0.25, -0.2) is 13.4 Å². The van der Waals surface area contributed by atoms with Crippen LogP contribution in [-0.2, 0) is 9.84 Å². The van der Waals surface area contributed by atoms with Gasteiger partial charge in [0.15, 0.2) is 11.5 Å². The lowest BCUT2D eigenvalue weighted by molar-refractivity contribution is 0.319. The molecular weight excluding hydrogens is 254 g/mol. The van der Waals surface area contributed by atoms with Crippen LogP contribution < -0.4 is 9.47 Å². The van der Waals surface area contributed by atoms with Crippen molar-refractivity contribution in [2.24, 2.45) is 4.99 Å². The fourth-order valence-electron chi connectivity index (χ4n) is 1.51. The van der Waals surface area contributed by atoms with E-state index in [0.717, 1.165) is 5.41 Å². The zero-order valence-electron chi connectivity index (χ0n) is 10.1. The molecule has 0 aromatic heterocycles. The molecule has 0 saturated heterocycles. The molecule has 0 radical (unpaired) electrons. The highest BCUT2D eigenvalue weighted by atomic mass is 32.2. The Balaban J connectivity index is 2.10. The molecule has 0 aliphatic carbocycles. The average Bonchev–Trinajstić information content (AvgIpc) is 2.61. The van der Waals surface area contributed by atoms with Gasteiger partial charge in [-0.3, -0.25) is 0 Å². The number of para-hydroxylation sites is 2. The Morgan fingerprint density at radius 2 is 1.89 bits per heavy atom. The number of benzene rings is 1. The molecule has 0 unspecified atom stereocenters. The van der Waals surface area contributed by atoms with Crippen molar-refractivity contribution >= 4 is 14.9 Å². The highest BCUT2D eigenvalue weighted by Gasteiger charge is 2.21. The molecule has 2 rings (SSSR count). The van der Waals surface area contributed by atoms with Crippen LogP contribution in [0.25, 0.3) is 0 Å². The number of hydrogen-bond donors (Lipinski definition) is 0. The molecule has 0 N–H and O–H groups in total. The molecule has 0 fully saturated rings. The lowest BCUT2D eigenvalue weighted by Gasteiger charge is -2.09. The minimum absolute atomic E-state index is 0.0942. The summed E-state index contributed by atoms with van der Waals surface area (Å²) in [7, 11) is -1.77. The maximum absolute atomic E-state index is 11.4. The van der Waals surface area contributed by atoms with Crippen LogP contribution in [0.5, 0.6) is 11.5 Å². The number of methoxy groups -OCH3 is 1. The Morgan fingerprint density at radius 3 is 2.44 bits per heavy atom. The van der Waals surface area contributed by atoms with Crippen LogP contribution in [0.3, 0.4) is 0 Å². The van der Waals surface area contributed by atoms with Crippen molar-refractivity contribution in [1.29, 1.82) is 0 Å². The predicted molar refractivity (Wildman–Crippen MR) is 68.6 cm³/mol. The van der Waals surface area contributed by atoms with Crippen molar-refractivity contribution < 1.29 is 17.9 Å². The Kier molecular flexibility index (Phi) is 3.38. The third kappa shape index (κ3) is 2.53. The fraction of sp³-hybridized carbons (Fsp3) is 0.250. The number of ether oxygens (including phenoxy) is 2. The molecule has 18 heavy (non-hydrogen) atoms. The van der Waals surface area contributed by atoms with Crippen molar-refractivity contribution in [2.75, 3.05) is 13.7 Å². The second-order valence-electron chi connectivity index (χ2n) is 3.72. The summed E-state index contributed by atoms with van der Waals surface area (Å²) in [4.78, 5) is 3.94. The largest absolute Gasteiger partial charge is 0.493 e. The molecule has 1 aliphatic heterocycles. The van der Waals surface area contributed by atoms with E-state index in [1.165, 1.54) is 6.92 Å². The number of aliphatic imine (C=N–C) groups is 1. The monoisotopic (exact) mass is 267 g/mol. The highest BCUT2D eigenvalue weighted by Crippen LogP contribution is 2.26. The Morgan fingerprint density at radius 1 is 1.22 bits per heavy atom. The topological polar surface area (TPSA) is 65.0 Å². The first-order chi connectivity index (χ1) is 8.53. The zero-order valence-corrected chi connectivity index (χ0v) is 10.9. The third-order valence-electron chi connectivity index (χ3n) is 2.45. The molecule has 1 aliphatic rings. The predicted octanol–water partition coefficient (Wildman–Crippen LogP) is 1.76. The minimum atomic E-state index is -3.32. The summed E-state index contributed by atoms with van der Waals surface area (Å²) in [6.45, 7) is 1.55. The lowest BCUT2D eigenvalue weighted by atomic mass is 10.3. The normalized spacial score (nSPS) is 17.0. The molecule has 0 bridgehead atoms. The second kappa shape index (κ2) is 4.81. The SMILES string of the molecule is COc1ccccc1OCC1=CS(=O)(=O)C(C)=N1. The number of hydrogen-bond acceptors (Lipinski definition) is 5. The van der Waals surface area contributed by atoms with Gasteiger partial charge in [0.25, 0.3) is 0 Å². The standard InChI is InChI=1S/C12H13NO4S/c1-9-13-10(8-18(9,14)15)7-17-12-6-4-3-5-11(12)16-2/h3-6,8H,7H2,1-2H3. The molecular formula is C12H13NO4S. The van der Waals surface area contributed by atoms with Crippen molar-refractivity contribution in [1.82, 2.24) is 0 Å². The number of sulfone groups is 1. The quantitative estimate of drug-likeness (QED) is 0.833. The summed E-state index contributed by atoms with van der Waals surface area (Å²) in [5.74, 6) is 1.15. The molecule has 1 aromatic carbocycles. The summed E-state index contributed by atoms with van der Waals surface area (Å²) in [5.41, 5.74) is 0.387. The van der Waals surface area contributed by atoms with Gasteiger partial charge in [0, 0.05) is 0 Å². The molecule has 0 spiro atoms. The van der Waals surface area contributed by atoms with E-state index < -0.39 is 9.84 Å². The van der Waals surface area contributed by atoms with Gasteiger partial charge < -0.3 is 9.47 Å². The van der Waals surface area contributed by atoms with E-state index in [1.807, 2.05) is 12.1 Å². The first-order valence-corrected chi connectivity index (χ1v) is 6.84. The van der Waals surface area contributed by atoms with Crippen molar-refractivity contribution in [2.45, 2.75) is 6.92 Å². The van der Waals surface area contributed by atoms with Crippen LogP contribution in [0.4, 0.5) is 0 Å². The van der Waals surface area contributed by atoms with Gasteiger partial charge in [-0.15, -0.1) is 0 Å². The Labute approximate surface area is 106 Å². The van der Waals surface area contributed by atoms with Gasteiger partial charge >= 0.3 is 0 Å². The van der Waals surface area contributed by atoms with Crippen LogP contribution in [0, 0.1) is 0 Å². The van der Waals surface area contributed by atoms with Crippen molar-refractivity contribution in [3.63, 3.8) is 0 Å². The van der Waals surface area contributed by atoms with Crippen LogP contribution in [0.1, 0.15) is 6.92 Å². The van der Waals surface area contributed by atoms with Gasteiger partial charge in [-0.2, -0.15) is 0 Å². The summed E-state index contributed by atoms with van der Waals surface area (Å²) < 4.78 is 33.5. The molecule has 0 amide bonds. The van der Waals surface area contributed by atoms with E-state index in [0.29, 0.717) is 17.2 Å². The van der Waals surface area contributed by atoms with E-state index in [9.17, 15) is 8.42 Å². The van der Waals surface area contributed by atoms with Gasteiger partial charge in [0.05, 0.1) is 18.2 Å². The smallest absolute Gasteiger partial charge is 0.214 e. The average molecular weight is 267 g/mol. The molecule has 1 heterocycles. The summed E-state index contributed by atoms with van der Waals surface area (Å²) >= 11 is 0. The van der Waals surface area contributed by atoms with E-state index in [-0.39, 0.29) is 11.7 Å². The fourth-order valence-corrected chi connectivity index (χ4v) is 2.41. The second-order valence-corrected chi connectivity index (χ2v) is 5.64. The maximum atomic E-state index is 11.4.